The molecule has 21 heavy (non-hydrogen) atoms. The van der Waals surface area contributed by atoms with Crippen molar-refractivity contribution in [3.05, 3.63) is 71.8 Å². The van der Waals surface area contributed by atoms with Crippen molar-refractivity contribution in [1.29, 1.82) is 0 Å². The Kier molecular flexibility index (Phi) is 5.27. The molecule has 0 unspecified atom stereocenters. The quantitative estimate of drug-likeness (QED) is 0.603. The van der Waals surface area contributed by atoms with Gasteiger partial charge in [-0.1, -0.05) is 60.7 Å². The van der Waals surface area contributed by atoms with E-state index in [-0.39, 0.29) is 18.2 Å². The van der Waals surface area contributed by atoms with Gasteiger partial charge in [0.15, 0.2) is 5.78 Å². The fourth-order valence-electron chi connectivity index (χ4n) is 2.27. The van der Waals surface area contributed by atoms with Crippen LogP contribution >= 0.6 is 0 Å². The van der Waals surface area contributed by atoms with E-state index in [2.05, 4.69) is 0 Å². The van der Waals surface area contributed by atoms with Crippen LogP contribution < -0.4 is 0 Å². The molecule has 0 aliphatic heterocycles. The monoisotopic (exact) mass is 282 g/mol. The average molecular weight is 282 g/mol. The molecule has 0 aliphatic carbocycles. The maximum absolute atomic E-state index is 12.3. The summed E-state index contributed by atoms with van der Waals surface area (Å²) in [6.07, 6.45) is 0.664. The van der Waals surface area contributed by atoms with Crippen LogP contribution in [0, 0.1) is 5.92 Å². The number of hydrogen-bond donors (Lipinski definition) is 0. The third kappa shape index (κ3) is 4.28. The number of esters is 1. The van der Waals surface area contributed by atoms with Crippen molar-refractivity contribution >= 4 is 11.8 Å². The third-order valence-corrected chi connectivity index (χ3v) is 3.39. The highest BCUT2D eigenvalue weighted by molar-refractivity contribution is 5.98. The molecule has 0 radical (unpaired) electrons. The van der Waals surface area contributed by atoms with Crippen molar-refractivity contribution in [2.24, 2.45) is 5.92 Å². The molecule has 1 atom stereocenters. The zero-order valence-corrected chi connectivity index (χ0v) is 12.0. The molecule has 0 spiro atoms. The van der Waals surface area contributed by atoms with Gasteiger partial charge in [0.1, 0.15) is 0 Å². The lowest BCUT2D eigenvalue weighted by Gasteiger charge is -2.14. The van der Waals surface area contributed by atoms with E-state index in [4.69, 9.17) is 4.74 Å². The summed E-state index contributed by atoms with van der Waals surface area (Å²) in [5.41, 5.74) is 1.65. The van der Waals surface area contributed by atoms with E-state index >= 15 is 0 Å². The molecule has 0 saturated carbocycles. The first kappa shape index (κ1) is 15.0. The minimum atomic E-state index is -0.454. The molecule has 108 valence electrons. The highest BCUT2D eigenvalue weighted by Gasteiger charge is 2.23. The molecular weight excluding hydrogens is 264 g/mol. The highest BCUT2D eigenvalue weighted by Crippen LogP contribution is 2.17. The highest BCUT2D eigenvalue weighted by atomic mass is 16.5. The number of carbonyl (C=O) groups is 2. The number of benzene rings is 2. The molecule has 0 N–H and O–H groups in total. The number of ketones is 1. The van der Waals surface area contributed by atoms with Crippen molar-refractivity contribution < 1.29 is 14.3 Å². The maximum atomic E-state index is 12.3. The van der Waals surface area contributed by atoms with Gasteiger partial charge in [0.25, 0.3) is 0 Å². The lowest BCUT2D eigenvalue weighted by molar-refractivity contribution is -0.145. The maximum Gasteiger partial charge on any atom is 0.309 e. The molecule has 0 saturated heterocycles. The van der Waals surface area contributed by atoms with Gasteiger partial charge in [-0.05, 0) is 12.0 Å². The number of hydrogen-bond acceptors (Lipinski definition) is 3. The molecule has 2 rings (SSSR count). The van der Waals surface area contributed by atoms with E-state index in [1.165, 1.54) is 7.11 Å². The molecule has 0 heterocycles. The van der Waals surface area contributed by atoms with Crippen molar-refractivity contribution in [3.8, 4) is 0 Å². The SMILES string of the molecule is COC(=O)[C@@H](CC(=O)c1ccccc1)Cc1ccccc1. The Morgan fingerprint density at radius 1 is 0.952 bits per heavy atom. The van der Waals surface area contributed by atoms with Crippen molar-refractivity contribution in [3.63, 3.8) is 0 Å². The first-order valence-corrected chi connectivity index (χ1v) is 6.90. The largest absolute Gasteiger partial charge is 0.469 e. The van der Waals surface area contributed by atoms with E-state index in [0.717, 1.165) is 5.56 Å². The van der Waals surface area contributed by atoms with Gasteiger partial charge >= 0.3 is 5.97 Å². The van der Waals surface area contributed by atoms with E-state index in [1.54, 1.807) is 12.1 Å². The Balaban J connectivity index is 2.10. The molecule has 0 aliphatic rings. The molecular formula is C18H18O3. The van der Waals surface area contributed by atoms with Gasteiger partial charge in [0, 0.05) is 12.0 Å². The van der Waals surface area contributed by atoms with Gasteiger partial charge in [0.2, 0.25) is 0 Å². The minimum absolute atomic E-state index is 0.0399. The molecule has 2 aromatic rings. The van der Waals surface area contributed by atoms with Crippen LogP contribution in [0.25, 0.3) is 0 Å². The van der Waals surface area contributed by atoms with Gasteiger partial charge in [0.05, 0.1) is 13.0 Å². The molecule has 0 aromatic heterocycles. The van der Waals surface area contributed by atoms with E-state index in [9.17, 15) is 9.59 Å². The Morgan fingerprint density at radius 2 is 1.52 bits per heavy atom. The molecule has 0 amide bonds. The van der Waals surface area contributed by atoms with Crippen molar-refractivity contribution in [2.75, 3.05) is 7.11 Å². The summed E-state index contributed by atoms with van der Waals surface area (Å²) in [7, 11) is 1.35. The van der Waals surface area contributed by atoms with Crippen LogP contribution in [0.1, 0.15) is 22.3 Å². The number of carbonyl (C=O) groups excluding carboxylic acids is 2. The van der Waals surface area contributed by atoms with Crippen LogP contribution in [0.2, 0.25) is 0 Å². The zero-order valence-electron chi connectivity index (χ0n) is 12.0. The first-order chi connectivity index (χ1) is 10.2. The summed E-state index contributed by atoms with van der Waals surface area (Å²) in [5, 5.41) is 0. The van der Waals surface area contributed by atoms with Gasteiger partial charge in [-0.2, -0.15) is 0 Å². The molecule has 3 nitrogen and oxygen atoms in total. The van der Waals surface area contributed by atoms with Crippen LogP contribution in [0.5, 0.6) is 0 Å². The second-order valence-electron chi connectivity index (χ2n) is 4.90. The number of methoxy groups -OCH3 is 1. The summed E-state index contributed by atoms with van der Waals surface area (Å²) < 4.78 is 4.83. The zero-order chi connectivity index (χ0) is 15.1. The predicted molar refractivity (Wildman–Crippen MR) is 81.0 cm³/mol. The second-order valence-corrected chi connectivity index (χ2v) is 4.90. The van der Waals surface area contributed by atoms with Crippen LogP contribution in [0.3, 0.4) is 0 Å². The summed E-state index contributed by atoms with van der Waals surface area (Å²) in [5.74, 6) is -0.838. The smallest absolute Gasteiger partial charge is 0.309 e. The second kappa shape index (κ2) is 7.39. The van der Waals surface area contributed by atoms with E-state index in [1.807, 2.05) is 48.5 Å². The Bertz CT molecular complexity index is 590. The Hall–Kier alpha value is -2.42. The Morgan fingerprint density at radius 3 is 2.10 bits per heavy atom. The van der Waals surface area contributed by atoms with Crippen molar-refractivity contribution in [1.82, 2.24) is 0 Å². The standard InChI is InChI=1S/C18H18O3/c1-21-18(20)16(12-14-8-4-2-5-9-14)13-17(19)15-10-6-3-7-11-15/h2-11,16H,12-13H2,1H3/t16-/m1/s1. The number of Topliss-reactive ketones (excluding diaryl/α,β-unsaturated/α-hetero) is 1. The molecule has 0 fully saturated rings. The minimum Gasteiger partial charge on any atom is -0.469 e. The summed E-state index contributed by atoms with van der Waals surface area (Å²) >= 11 is 0. The van der Waals surface area contributed by atoms with Crippen LogP contribution in [0.15, 0.2) is 60.7 Å². The lowest BCUT2D eigenvalue weighted by atomic mass is 9.92. The van der Waals surface area contributed by atoms with Gasteiger partial charge in [-0.3, -0.25) is 9.59 Å². The molecule has 3 heteroatoms. The third-order valence-electron chi connectivity index (χ3n) is 3.39. The Labute approximate surface area is 124 Å². The van der Waals surface area contributed by atoms with E-state index in [0.29, 0.717) is 12.0 Å². The lowest BCUT2D eigenvalue weighted by Crippen LogP contribution is -2.22. The average Bonchev–Trinajstić information content (AvgIpc) is 2.55. The fourth-order valence-corrected chi connectivity index (χ4v) is 2.27. The number of ether oxygens (including phenoxy) is 1. The van der Waals surface area contributed by atoms with Gasteiger partial charge < -0.3 is 4.74 Å². The van der Waals surface area contributed by atoms with Crippen LogP contribution in [-0.2, 0) is 16.0 Å². The first-order valence-electron chi connectivity index (χ1n) is 6.90. The summed E-state index contributed by atoms with van der Waals surface area (Å²) in [6, 6.07) is 18.7. The topological polar surface area (TPSA) is 43.4 Å². The molecule has 2 aromatic carbocycles. The molecule has 0 bridgehead atoms. The van der Waals surface area contributed by atoms with Crippen LogP contribution in [0.4, 0.5) is 0 Å². The summed E-state index contributed by atoms with van der Waals surface area (Å²) in [4.78, 5) is 24.2. The van der Waals surface area contributed by atoms with Crippen molar-refractivity contribution in [2.45, 2.75) is 12.8 Å². The normalized spacial score (nSPS) is 11.7. The van der Waals surface area contributed by atoms with Gasteiger partial charge in [-0.25, -0.2) is 0 Å². The fraction of sp³-hybridized carbons (Fsp3) is 0.222. The number of rotatable bonds is 6. The van der Waals surface area contributed by atoms with E-state index < -0.39 is 5.92 Å². The predicted octanol–water partition coefficient (Wildman–Crippen LogP) is 3.29. The van der Waals surface area contributed by atoms with Crippen LogP contribution in [-0.4, -0.2) is 18.9 Å². The van der Waals surface area contributed by atoms with Gasteiger partial charge in [-0.15, -0.1) is 0 Å². The summed E-state index contributed by atoms with van der Waals surface area (Å²) in [6.45, 7) is 0.